The van der Waals surface area contributed by atoms with Gasteiger partial charge in [0.05, 0.1) is 4.47 Å². The summed E-state index contributed by atoms with van der Waals surface area (Å²) in [6, 6.07) is 6.10. The fourth-order valence-corrected chi connectivity index (χ4v) is 1.68. The van der Waals surface area contributed by atoms with E-state index in [-0.39, 0.29) is 5.41 Å². The largest absolute Gasteiger partial charge is 0.506 e. The molecule has 0 aliphatic rings. The summed E-state index contributed by atoms with van der Waals surface area (Å²) in [6.07, 6.45) is 0. The van der Waals surface area contributed by atoms with Gasteiger partial charge in [-0.25, -0.2) is 0 Å². The summed E-state index contributed by atoms with van der Waals surface area (Å²) in [7, 11) is 0. The average molecular weight is 286 g/mol. The molecule has 1 unspecified atom stereocenters. The van der Waals surface area contributed by atoms with E-state index in [4.69, 9.17) is 0 Å². The zero-order chi connectivity index (χ0) is 12.3. The molecule has 0 radical (unpaired) electrons. The average Bonchev–Trinajstić information content (AvgIpc) is 2.18. The van der Waals surface area contributed by atoms with E-state index in [1.54, 1.807) is 0 Å². The minimum atomic E-state index is 0.224. The first kappa shape index (κ1) is 13.5. The predicted octanol–water partition coefficient (Wildman–Crippen LogP) is 3.68. The van der Waals surface area contributed by atoms with E-state index in [9.17, 15) is 5.11 Å². The highest BCUT2D eigenvalue weighted by Gasteiger charge is 2.19. The van der Waals surface area contributed by atoms with Crippen molar-refractivity contribution in [1.82, 2.24) is 5.32 Å². The second-order valence-electron chi connectivity index (χ2n) is 5.22. The van der Waals surface area contributed by atoms with E-state index in [2.05, 4.69) is 48.9 Å². The number of hydrogen-bond donors (Lipinski definition) is 2. The fraction of sp³-hybridized carbons (Fsp3) is 0.538. The predicted molar refractivity (Wildman–Crippen MR) is 71.6 cm³/mol. The number of rotatable bonds is 3. The van der Waals surface area contributed by atoms with Crippen LogP contribution in [0.3, 0.4) is 0 Å². The number of aromatic hydroxyl groups is 1. The number of benzene rings is 1. The lowest BCUT2D eigenvalue weighted by Gasteiger charge is -2.28. The molecule has 1 atom stereocenters. The summed E-state index contributed by atoms with van der Waals surface area (Å²) in [5.74, 6) is 0.330. The molecular formula is C13H20BrNO. The first-order valence-corrected chi connectivity index (χ1v) is 6.31. The van der Waals surface area contributed by atoms with Crippen molar-refractivity contribution in [2.75, 3.05) is 0 Å². The molecule has 0 saturated heterocycles. The summed E-state index contributed by atoms with van der Waals surface area (Å²) in [5.41, 5.74) is 1.15. The Hall–Kier alpha value is -0.540. The van der Waals surface area contributed by atoms with Crippen LogP contribution >= 0.6 is 15.9 Å². The molecule has 1 aromatic rings. The third kappa shape index (κ3) is 3.49. The van der Waals surface area contributed by atoms with Gasteiger partial charge in [0.1, 0.15) is 5.75 Å². The monoisotopic (exact) mass is 285 g/mol. The number of phenolic OH excluding ortho intramolecular Hbond substituents is 1. The molecule has 0 aliphatic carbocycles. The Morgan fingerprint density at radius 3 is 2.56 bits per heavy atom. The Morgan fingerprint density at radius 2 is 2.00 bits per heavy atom. The number of halogens is 1. The molecule has 90 valence electrons. The SMILES string of the molecule is CC(NCc1cccc(Br)c1O)C(C)(C)C. The summed E-state index contributed by atoms with van der Waals surface area (Å²) in [6.45, 7) is 9.45. The fourth-order valence-electron chi connectivity index (χ4n) is 1.27. The van der Waals surface area contributed by atoms with Crippen LogP contribution in [0, 0.1) is 5.41 Å². The maximum absolute atomic E-state index is 9.83. The second kappa shape index (κ2) is 5.19. The van der Waals surface area contributed by atoms with Gasteiger partial charge in [0.25, 0.3) is 0 Å². The van der Waals surface area contributed by atoms with Crippen LogP contribution in [0.15, 0.2) is 22.7 Å². The van der Waals surface area contributed by atoms with Crippen LogP contribution in [0.25, 0.3) is 0 Å². The second-order valence-corrected chi connectivity index (χ2v) is 6.07. The minimum Gasteiger partial charge on any atom is -0.506 e. The Balaban J connectivity index is 2.65. The molecule has 0 aromatic heterocycles. The third-order valence-corrected chi connectivity index (χ3v) is 3.61. The molecule has 0 aliphatic heterocycles. The van der Waals surface area contributed by atoms with Crippen LogP contribution in [-0.2, 0) is 6.54 Å². The van der Waals surface area contributed by atoms with Crippen molar-refractivity contribution in [3.05, 3.63) is 28.2 Å². The van der Waals surface area contributed by atoms with E-state index in [1.807, 2.05) is 18.2 Å². The number of phenols is 1. The highest BCUT2D eigenvalue weighted by Crippen LogP contribution is 2.27. The zero-order valence-corrected chi connectivity index (χ0v) is 11.9. The number of hydrogen-bond acceptors (Lipinski definition) is 2. The minimum absolute atomic E-state index is 0.224. The molecule has 0 bridgehead atoms. The molecule has 2 N–H and O–H groups in total. The van der Waals surface area contributed by atoms with Crippen molar-refractivity contribution >= 4 is 15.9 Å². The van der Waals surface area contributed by atoms with E-state index in [0.29, 0.717) is 18.3 Å². The van der Waals surface area contributed by atoms with Gasteiger partial charge in [-0.2, -0.15) is 0 Å². The van der Waals surface area contributed by atoms with Crippen molar-refractivity contribution in [3.63, 3.8) is 0 Å². The van der Waals surface area contributed by atoms with E-state index in [1.165, 1.54) is 0 Å². The third-order valence-electron chi connectivity index (χ3n) is 2.97. The van der Waals surface area contributed by atoms with Crippen LogP contribution in [0.4, 0.5) is 0 Å². The summed E-state index contributed by atoms with van der Waals surface area (Å²) < 4.78 is 0.746. The molecule has 1 rings (SSSR count). The standard InChI is InChI=1S/C13H20BrNO/c1-9(13(2,3)4)15-8-10-6-5-7-11(14)12(10)16/h5-7,9,15-16H,8H2,1-4H3. The van der Waals surface area contributed by atoms with Crippen molar-refractivity contribution in [3.8, 4) is 5.75 Å². The molecule has 1 aromatic carbocycles. The van der Waals surface area contributed by atoms with Crippen LogP contribution in [0.1, 0.15) is 33.3 Å². The first-order valence-electron chi connectivity index (χ1n) is 5.52. The van der Waals surface area contributed by atoms with Crippen molar-refractivity contribution in [2.45, 2.75) is 40.3 Å². The molecular weight excluding hydrogens is 266 g/mol. The van der Waals surface area contributed by atoms with Gasteiger partial charge < -0.3 is 10.4 Å². The molecule has 16 heavy (non-hydrogen) atoms. The maximum Gasteiger partial charge on any atom is 0.134 e. The topological polar surface area (TPSA) is 32.3 Å². The summed E-state index contributed by atoms with van der Waals surface area (Å²) >= 11 is 3.31. The van der Waals surface area contributed by atoms with Crippen LogP contribution < -0.4 is 5.32 Å². The quantitative estimate of drug-likeness (QED) is 0.888. The molecule has 0 fully saturated rings. The molecule has 0 spiro atoms. The molecule has 0 heterocycles. The normalized spacial score (nSPS) is 13.8. The zero-order valence-electron chi connectivity index (χ0n) is 10.3. The molecule has 0 saturated carbocycles. The molecule has 3 heteroatoms. The lowest BCUT2D eigenvalue weighted by Crippen LogP contribution is -2.37. The van der Waals surface area contributed by atoms with Crippen molar-refractivity contribution in [1.29, 1.82) is 0 Å². The van der Waals surface area contributed by atoms with Crippen LogP contribution in [0.2, 0.25) is 0 Å². The van der Waals surface area contributed by atoms with Gasteiger partial charge in [0, 0.05) is 18.2 Å². The Bertz CT molecular complexity index is 357. The van der Waals surface area contributed by atoms with Gasteiger partial charge >= 0.3 is 0 Å². The Morgan fingerprint density at radius 1 is 1.38 bits per heavy atom. The van der Waals surface area contributed by atoms with Gasteiger partial charge in [-0.15, -0.1) is 0 Å². The maximum atomic E-state index is 9.83. The van der Waals surface area contributed by atoms with Gasteiger partial charge in [-0.1, -0.05) is 32.9 Å². The Labute approximate surface area is 106 Å². The lowest BCUT2D eigenvalue weighted by atomic mass is 9.88. The van der Waals surface area contributed by atoms with E-state index >= 15 is 0 Å². The first-order chi connectivity index (χ1) is 7.32. The molecule has 0 amide bonds. The summed E-state index contributed by atoms with van der Waals surface area (Å²) in [5, 5.41) is 13.3. The lowest BCUT2D eigenvalue weighted by molar-refractivity contribution is 0.284. The van der Waals surface area contributed by atoms with Gasteiger partial charge in [0.2, 0.25) is 0 Å². The van der Waals surface area contributed by atoms with E-state index in [0.717, 1.165) is 10.0 Å². The van der Waals surface area contributed by atoms with Gasteiger partial charge in [-0.3, -0.25) is 0 Å². The highest BCUT2D eigenvalue weighted by atomic mass is 79.9. The molecule has 2 nitrogen and oxygen atoms in total. The van der Waals surface area contributed by atoms with Gasteiger partial charge in [0.15, 0.2) is 0 Å². The summed E-state index contributed by atoms with van der Waals surface area (Å²) in [4.78, 5) is 0. The smallest absolute Gasteiger partial charge is 0.134 e. The van der Waals surface area contributed by atoms with E-state index < -0.39 is 0 Å². The van der Waals surface area contributed by atoms with Crippen molar-refractivity contribution in [2.24, 2.45) is 5.41 Å². The highest BCUT2D eigenvalue weighted by molar-refractivity contribution is 9.10. The Kier molecular flexibility index (Phi) is 4.39. The van der Waals surface area contributed by atoms with Crippen LogP contribution in [-0.4, -0.2) is 11.1 Å². The van der Waals surface area contributed by atoms with Gasteiger partial charge in [-0.05, 0) is 34.3 Å². The number of nitrogens with one attached hydrogen (secondary N) is 1. The number of para-hydroxylation sites is 1. The van der Waals surface area contributed by atoms with Crippen molar-refractivity contribution < 1.29 is 5.11 Å². The van der Waals surface area contributed by atoms with Crippen LogP contribution in [0.5, 0.6) is 5.75 Å².